The number of hydrogen-bond acceptors (Lipinski definition) is 5. The molecule has 1 amide bonds. The van der Waals surface area contributed by atoms with Crippen molar-refractivity contribution >= 4 is 43.3 Å². The van der Waals surface area contributed by atoms with Crippen LogP contribution < -0.4 is 5.32 Å². The van der Waals surface area contributed by atoms with Gasteiger partial charge in [0.1, 0.15) is 10.8 Å². The lowest BCUT2D eigenvalue weighted by Crippen LogP contribution is -2.27. The van der Waals surface area contributed by atoms with E-state index < -0.39 is 10.0 Å². The molecule has 2 N–H and O–H groups in total. The van der Waals surface area contributed by atoms with Gasteiger partial charge in [-0.2, -0.15) is 4.31 Å². The Bertz CT molecular complexity index is 1480. The van der Waals surface area contributed by atoms with Crippen molar-refractivity contribution in [1.82, 2.24) is 14.3 Å². The van der Waals surface area contributed by atoms with Gasteiger partial charge in [0.25, 0.3) is 5.91 Å². The normalized spacial score (nSPS) is 16.5. The molecule has 0 spiro atoms. The predicted octanol–water partition coefficient (Wildman–Crippen LogP) is 5.21. The summed E-state index contributed by atoms with van der Waals surface area (Å²) >= 11 is 1.62. The first-order valence-corrected chi connectivity index (χ1v) is 14.3. The molecule has 0 unspecified atom stereocenters. The van der Waals surface area contributed by atoms with Crippen LogP contribution in [0.5, 0.6) is 0 Å². The number of sulfonamides is 1. The van der Waals surface area contributed by atoms with Gasteiger partial charge in [-0.25, -0.2) is 13.4 Å². The van der Waals surface area contributed by atoms with Crippen LogP contribution in [0, 0.1) is 0 Å². The van der Waals surface area contributed by atoms with E-state index in [2.05, 4.69) is 10.3 Å². The molecule has 3 heterocycles. The minimum atomic E-state index is -3.51. The number of nitrogens with zero attached hydrogens (tertiary/aromatic N) is 2. The van der Waals surface area contributed by atoms with Crippen LogP contribution in [0.15, 0.2) is 53.4 Å². The van der Waals surface area contributed by atoms with E-state index in [4.69, 9.17) is 4.98 Å². The molecule has 180 valence electrons. The largest absolute Gasteiger partial charge is 0.338 e. The second kappa shape index (κ2) is 8.89. The molecule has 0 radical (unpaired) electrons. The van der Waals surface area contributed by atoms with Gasteiger partial charge in [-0.05, 0) is 80.5 Å². The fourth-order valence-electron chi connectivity index (χ4n) is 5.01. The molecule has 2 aliphatic rings. The summed E-state index contributed by atoms with van der Waals surface area (Å²) in [7, 11) is -3.51. The number of rotatable bonds is 5. The molecular formula is C26H26N4O3S2. The van der Waals surface area contributed by atoms with Gasteiger partial charge in [-0.15, -0.1) is 11.3 Å². The number of anilines is 1. The van der Waals surface area contributed by atoms with Crippen molar-refractivity contribution in [3.05, 3.63) is 64.5 Å². The summed E-state index contributed by atoms with van der Waals surface area (Å²) in [4.78, 5) is 23.0. The standard InChI is InChI=1S/C26H26N4O3S2/c31-25(17-11-13-18(14-12-17)35(32,33)30-15-5-6-16-30)29-26-23(19-7-1-4-10-22(19)34-26)24-27-20-8-2-3-9-21(20)28-24/h2-3,8-9,11-14H,1,4-7,10,15-16H2,(H,27,28)(H,29,31). The summed E-state index contributed by atoms with van der Waals surface area (Å²) in [5.41, 5.74) is 4.52. The quantitative estimate of drug-likeness (QED) is 0.389. The predicted molar refractivity (Wildman–Crippen MR) is 138 cm³/mol. The molecule has 1 fully saturated rings. The molecular weight excluding hydrogens is 480 g/mol. The zero-order valence-corrected chi connectivity index (χ0v) is 20.8. The molecule has 4 aromatic rings. The van der Waals surface area contributed by atoms with Crippen molar-refractivity contribution in [1.29, 1.82) is 0 Å². The van der Waals surface area contributed by atoms with Crippen molar-refractivity contribution in [2.24, 2.45) is 0 Å². The maximum absolute atomic E-state index is 13.2. The van der Waals surface area contributed by atoms with Crippen LogP contribution in [0.1, 0.15) is 46.5 Å². The number of carbonyl (C=O) groups is 1. The molecule has 35 heavy (non-hydrogen) atoms. The maximum Gasteiger partial charge on any atom is 0.256 e. The van der Waals surface area contributed by atoms with Crippen molar-refractivity contribution in [3.8, 4) is 11.4 Å². The summed E-state index contributed by atoms with van der Waals surface area (Å²) in [5.74, 6) is 0.513. The molecule has 1 aliphatic carbocycles. The van der Waals surface area contributed by atoms with Crippen molar-refractivity contribution in [2.75, 3.05) is 18.4 Å². The Hall–Kier alpha value is -3.01. The zero-order chi connectivity index (χ0) is 24.0. The Kier molecular flexibility index (Phi) is 5.70. The third kappa shape index (κ3) is 4.07. The molecule has 0 atom stereocenters. The van der Waals surface area contributed by atoms with Gasteiger partial charge in [0, 0.05) is 23.5 Å². The lowest BCUT2D eigenvalue weighted by molar-refractivity contribution is 0.102. The van der Waals surface area contributed by atoms with Crippen LogP contribution in [0.25, 0.3) is 22.4 Å². The van der Waals surface area contributed by atoms with E-state index in [1.807, 2.05) is 24.3 Å². The Morgan fingerprint density at radius 1 is 0.971 bits per heavy atom. The number of benzene rings is 2. The fourth-order valence-corrected chi connectivity index (χ4v) is 7.81. The van der Waals surface area contributed by atoms with Crippen LogP contribution in [0.4, 0.5) is 5.00 Å². The highest BCUT2D eigenvalue weighted by atomic mass is 32.2. The molecule has 2 aromatic carbocycles. The van der Waals surface area contributed by atoms with E-state index in [-0.39, 0.29) is 10.8 Å². The summed E-state index contributed by atoms with van der Waals surface area (Å²) in [6.07, 6.45) is 6.02. The van der Waals surface area contributed by atoms with E-state index in [9.17, 15) is 13.2 Å². The number of carbonyl (C=O) groups excluding carboxylic acids is 1. The number of nitrogens with one attached hydrogen (secondary N) is 2. The maximum atomic E-state index is 13.2. The van der Waals surface area contributed by atoms with E-state index in [0.29, 0.717) is 18.7 Å². The first kappa shape index (κ1) is 22.5. The lowest BCUT2D eigenvalue weighted by Gasteiger charge is -2.15. The molecule has 0 bridgehead atoms. The van der Waals surface area contributed by atoms with E-state index >= 15 is 0 Å². The van der Waals surface area contributed by atoms with Gasteiger partial charge in [0.05, 0.1) is 21.5 Å². The first-order valence-electron chi connectivity index (χ1n) is 12.0. The second-order valence-corrected chi connectivity index (χ2v) is 12.2. The number of thiophene rings is 1. The SMILES string of the molecule is O=C(Nc1sc2c(c1-c1nc3ccccc3[nH]1)CCCC2)c1ccc(S(=O)(=O)N2CCCC2)cc1. The highest BCUT2D eigenvalue weighted by Gasteiger charge is 2.28. The monoisotopic (exact) mass is 506 g/mol. The molecule has 9 heteroatoms. The van der Waals surface area contributed by atoms with Gasteiger partial charge in [-0.3, -0.25) is 4.79 Å². The Balaban J connectivity index is 1.31. The van der Waals surface area contributed by atoms with Gasteiger partial charge in [-0.1, -0.05) is 12.1 Å². The number of fused-ring (bicyclic) bond motifs is 2. The van der Waals surface area contributed by atoms with Crippen LogP contribution in [-0.2, 0) is 22.9 Å². The molecule has 1 aliphatic heterocycles. The van der Waals surface area contributed by atoms with Gasteiger partial charge < -0.3 is 10.3 Å². The first-order chi connectivity index (χ1) is 17.0. The number of hydrogen-bond donors (Lipinski definition) is 2. The Morgan fingerprint density at radius 3 is 2.49 bits per heavy atom. The van der Waals surface area contributed by atoms with Crippen LogP contribution in [0.3, 0.4) is 0 Å². The summed E-state index contributed by atoms with van der Waals surface area (Å²) < 4.78 is 27.1. The average molecular weight is 507 g/mol. The van der Waals surface area contributed by atoms with E-state index in [1.165, 1.54) is 26.9 Å². The number of aromatic nitrogens is 2. The van der Waals surface area contributed by atoms with Crippen LogP contribution in [0.2, 0.25) is 0 Å². The highest BCUT2D eigenvalue weighted by Crippen LogP contribution is 2.44. The average Bonchev–Trinajstić information content (AvgIpc) is 3.62. The van der Waals surface area contributed by atoms with Crippen LogP contribution >= 0.6 is 11.3 Å². The molecule has 6 rings (SSSR count). The Morgan fingerprint density at radius 2 is 1.71 bits per heavy atom. The van der Waals surface area contributed by atoms with Gasteiger partial charge in [0.15, 0.2) is 0 Å². The molecule has 0 saturated carbocycles. The summed E-state index contributed by atoms with van der Waals surface area (Å²) in [5, 5.41) is 3.89. The van der Waals surface area contributed by atoms with Crippen molar-refractivity contribution in [2.45, 2.75) is 43.4 Å². The second-order valence-electron chi connectivity index (χ2n) is 9.11. The minimum absolute atomic E-state index is 0.227. The van der Waals surface area contributed by atoms with Gasteiger partial charge in [0.2, 0.25) is 10.0 Å². The number of amides is 1. The molecule has 2 aromatic heterocycles. The summed E-state index contributed by atoms with van der Waals surface area (Å²) in [6.45, 7) is 1.11. The zero-order valence-electron chi connectivity index (χ0n) is 19.2. The Labute approximate surface area is 208 Å². The lowest BCUT2D eigenvalue weighted by atomic mass is 9.95. The van der Waals surface area contributed by atoms with Gasteiger partial charge >= 0.3 is 0 Å². The fraction of sp³-hybridized carbons (Fsp3) is 0.308. The van der Waals surface area contributed by atoms with E-state index in [1.54, 1.807) is 23.5 Å². The van der Waals surface area contributed by atoms with Crippen LogP contribution in [-0.4, -0.2) is 41.7 Å². The topological polar surface area (TPSA) is 95.2 Å². The number of para-hydroxylation sites is 2. The minimum Gasteiger partial charge on any atom is -0.338 e. The molecule has 7 nitrogen and oxygen atoms in total. The number of imidazole rings is 1. The number of H-pyrrole nitrogens is 1. The third-order valence-corrected chi connectivity index (χ3v) is 9.96. The number of aryl methyl sites for hydroxylation is 1. The van der Waals surface area contributed by atoms with Crippen molar-refractivity contribution < 1.29 is 13.2 Å². The smallest absolute Gasteiger partial charge is 0.256 e. The third-order valence-electron chi connectivity index (χ3n) is 6.84. The number of aromatic amines is 1. The van der Waals surface area contributed by atoms with E-state index in [0.717, 1.165) is 65.9 Å². The highest BCUT2D eigenvalue weighted by molar-refractivity contribution is 7.89. The molecule has 1 saturated heterocycles. The van der Waals surface area contributed by atoms with Crippen molar-refractivity contribution in [3.63, 3.8) is 0 Å². The summed E-state index contributed by atoms with van der Waals surface area (Å²) in [6, 6.07) is 14.2.